The summed E-state index contributed by atoms with van der Waals surface area (Å²) in [6.45, 7) is 0. The van der Waals surface area contributed by atoms with Gasteiger partial charge in [-0.3, -0.25) is 9.52 Å². The monoisotopic (exact) mass is 381 g/mol. The number of amides is 1. The molecule has 1 aromatic carbocycles. The third-order valence-corrected chi connectivity index (χ3v) is 4.65. The lowest BCUT2D eigenvalue weighted by Crippen LogP contribution is -2.23. The smallest absolute Gasteiger partial charge is 0.339 e. The van der Waals surface area contributed by atoms with Gasteiger partial charge in [0.1, 0.15) is 22.2 Å². The third-order valence-electron chi connectivity index (χ3n) is 3.25. The second-order valence-electron chi connectivity index (χ2n) is 5.35. The van der Waals surface area contributed by atoms with Crippen LogP contribution in [-0.2, 0) is 14.8 Å². The van der Waals surface area contributed by atoms with Gasteiger partial charge < -0.3 is 9.64 Å². The van der Waals surface area contributed by atoms with Crippen LogP contribution in [0, 0.1) is 5.82 Å². The highest BCUT2D eigenvalue weighted by Gasteiger charge is 2.25. The maximum absolute atomic E-state index is 13.5. The van der Waals surface area contributed by atoms with Crippen molar-refractivity contribution in [1.82, 2.24) is 9.88 Å². The second-order valence-corrected chi connectivity index (χ2v) is 7.00. The average Bonchev–Trinajstić information content (AvgIpc) is 2.60. The van der Waals surface area contributed by atoms with Crippen LogP contribution in [0.4, 0.5) is 10.2 Å². The zero-order chi connectivity index (χ0) is 19.5. The Kier molecular flexibility index (Phi) is 5.56. The maximum Gasteiger partial charge on any atom is 0.339 e. The van der Waals surface area contributed by atoms with Crippen LogP contribution in [0.25, 0.3) is 0 Å². The molecule has 0 aliphatic rings. The lowest BCUT2D eigenvalue weighted by Gasteiger charge is -2.13. The molecule has 26 heavy (non-hydrogen) atoms. The molecule has 0 spiro atoms. The summed E-state index contributed by atoms with van der Waals surface area (Å²) in [5.74, 6) is -2.36. The van der Waals surface area contributed by atoms with E-state index < -0.39 is 32.6 Å². The van der Waals surface area contributed by atoms with Crippen LogP contribution in [-0.4, -0.2) is 51.4 Å². The van der Waals surface area contributed by atoms with E-state index in [1.807, 2.05) is 0 Å². The first-order valence-corrected chi connectivity index (χ1v) is 8.73. The number of sulfonamides is 1. The molecule has 0 bridgehead atoms. The Labute approximate surface area is 149 Å². The molecule has 0 fully saturated rings. The van der Waals surface area contributed by atoms with Crippen LogP contribution in [0.5, 0.6) is 0 Å². The van der Waals surface area contributed by atoms with Gasteiger partial charge in [-0.1, -0.05) is 6.07 Å². The third kappa shape index (κ3) is 4.14. The molecule has 1 heterocycles. The average molecular weight is 381 g/mol. The van der Waals surface area contributed by atoms with Gasteiger partial charge >= 0.3 is 5.97 Å². The zero-order valence-corrected chi connectivity index (χ0v) is 15.0. The van der Waals surface area contributed by atoms with Crippen LogP contribution in [0.1, 0.15) is 20.8 Å². The number of carbonyl (C=O) groups is 2. The van der Waals surface area contributed by atoms with Crippen molar-refractivity contribution in [2.24, 2.45) is 0 Å². The minimum atomic E-state index is -4.36. The molecule has 0 saturated heterocycles. The predicted octanol–water partition coefficient (Wildman–Crippen LogP) is 1.51. The van der Waals surface area contributed by atoms with Crippen LogP contribution < -0.4 is 4.72 Å². The Balaban J connectivity index is 2.44. The molecule has 1 N–H and O–H groups in total. The first-order chi connectivity index (χ1) is 12.2. The molecule has 0 unspecified atom stereocenters. The Morgan fingerprint density at radius 3 is 2.50 bits per heavy atom. The lowest BCUT2D eigenvalue weighted by molar-refractivity contribution is 0.0596. The largest absolute Gasteiger partial charge is 0.465 e. The van der Waals surface area contributed by atoms with E-state index in [4.69, 9.17) is 0 Å². The maximum atomic E-state index is 13.5. The highest BCUT2D eigenvalue weighted by molar-refractivity contribution is 7.92. The zero-order valence-electron chi connectivity index (χ0n) is 14.2. The standard InChI is InChI=1S/C16H16FN3O5S/c1-20(2)15(21)12-5-4-6-14(18-12)19-26(23,24)13-9-10(17)7-8-11(13)16(22)25-3/h4-9H,1-3H3,(H,18,19). The summed E-state index contributed by atoms with van der Waals surface area (Å²) in [6, 6.07) is 6.83. The number of benzene rings is 1. The van der Waals surface area contributed by atoms with E-state index in [9.17, 15) is 22.4 Å². The molecule has 8 nitrogen and oxygen atoms in total. The van der Waals surface area contributed by atoms with Gasteiger partial charge in [0.15, 0.2) is 0 Å². The molecule has 0 atom stereocenters. The predicted molar refractivity (Wildman–Crippen MR) is 90.8 cm³/mol. The van der Waals surface area contributed by atoms with E-state index in [2.05, 4.69) is 14.4 Å². The topological polar surface area (TPSA) is 106 Å². The van der Waals surface area contributed by atoms with Crippen molar-refractivity contribution in [3.8, 4) is 0 Å². The Hall–Kier alpha value is -3.01. The van der Waals surface area contributed by atoms with E-state index in [0.29, 0.717) is 6.07 Å². The molecule has 0 saturated carbocycles. The van der Waals surface area contributed by atoms with Crippen molar-refractivity contribution in [2.45, 2.75) is 4.90 Å². The van der Waals surface area contributed by atoms with Crippen molar-refractivity contribution in [3.05, 3.63) is 53.5 Å². The van der Waals surface area contributed by atoms with Crippen LogP contribution >= 0.6 is 0 Å². The number of aromatic nitrogens is 1. The molecule has 2 aromatic rings. The van der Waals surface area contributed by atoms with E-state index in [0.717, 1.165) is 19.2 Å². The molecular weight excluding hydrogens is 365 g/mol. The van der Waals surface area contributed by atoms with Gasteiger partial charge in [-0.15, -0.1) is 0 Å². The van der Waals surface area contributed by atoms with Gasteiger partial charge in [0, 0.05) is 14.1 Å². The lowest BCUT2D eigenvalue weighted by atomic mass is 10.2. The summed E-state index contributed by atoms with van der Waals surface area (Å²) < 4.78 is 45.4. The molecular formula is C16H16FN3O5S. The number of ether oxygens (including phenoxy) is 1. The molecule has 1 aromatic heterocycles. The molecule has 0 aliphatic heterocycles. The molecule has 1 amide bonds. The number of rotatable bonds is 5. The molecule has 2 rings (SSSR count). The first-order valence-electron chi connectivity index (χ1n) is 7.25. The van der Waals surface area contributed by atoms with E-state index >= 15 is 0 Å². The van der Waals surface area contributed by atoms with E-state index in [-0.39, 0.29) is 17.1 Å². The number of nitrogens with one attached hydrogen (secondary N) is 1. The fraction of sp³-hybridized carbons (Fsp3) is 0.188. The van der Waals surface area contributed by atoms with Gasteiger partial charge in [0.25, 0.3) is 15.9 Å². The SMILES string of the molecule is COC(=O)c1ccc(F)cc1S(=O)(=O)Nc1cccc(C(=O)N(C)C)n1. The van der Waals surface area contributed by atoms with Crippen LogP contribution in [0.15, 0.2) is 41.3 Å². The number of hydrogen-bond acceptors (Lipinski definition) is 6. The van der Waals surface area contributed by atoms with Crippen molar-refractivity contribution in [2.75, 3.05) is 25.9 Å². The summed E-state index contributed by atoms with van der Waals surface area (Å²) in [4.78, 5) is 28.3. The summed E-state index contributed by atoms with van der Waals surface area (Å²) in [5.41, 5.74) is -0.315. The number of nitrogens with zero attached hydrogens (tertiary/aromatic N) is 2. The summed E-state index contributed by atoms with van der Waals surface area (Å²) in [5, 5.41) is 0. The second kappa shape index (κ2) is 7.48. The highest BCUT2D eigenvalue weighted by Crippen LogP contribution is 2.21. The molecule has 138 valence electrons. The van der Waals surface area contributed by atoms with Gasteiger partial charge in [0.2, 0.25) is 0 Å². The number of hydrogen-bond donors (Lipinski definition) is 1. The van der Waals surface area contributed by atoms with Gasteiger partial charge in [-0.2, -0.15) is 0 Å². The quantitative estimate of drug-likeness (QED) is 0.787. The van der Waals surface area contributed by atoms with E-state index in [1.54, 1.807) is 0 Å². The Morgan fingerprint density at radius 2 is 1.88 bits per heavy atom. The summed E-state index contributed by atoms with van der Waals surface area (Å²) in [7, 11) is -0.238. The fourth-order valence-corrected chi connectivity index (χ4v) is 3.24. The van der Waals surface area contributed by atoms with E-state index in [1.165, 1.54) is 37.2 Å². The number of esters is 1. The summed E-state index contributed by atoms with van der Waals surface area (Å²) >= 11 is 0. The molecule has 0 radical (unpaired) electrons. The van der Waals surface area contributed by atoms with Gasteiger partial charge in [0.05, 0.1) is 12.7 Å². The van der Waals surface area contributed by atoms with Gasteiger partial charge in [-0.05, 0) is 30.3 Å². The molecule has 10 heteroatoms. The summed E-state index contributed by atoms with van der Waals surface area (Å²) in [6.07, 6.45) is 0. The minimum absolute atomic E-state index is 0.0163. The van der Waals surface area contributed by atoms with Crippen LogP contribution in [0.2, 0.25) is 0 Å². The van der Waals surface area contributed by atoms with Crippen molar-refractivity contribution in [1.29, 1.82) is 0 Å². The number of halogens is 1. The number of carbonyl (C=O) groups excluding carboxylic acids is 2. The Bertz CT molecular complexity index is 960. The number of methoxy groups -OCH3 is 1. The fourth-order valence-electron chi connectivity index (χ4n) is 2.03. The number of anilines is 1. The first kappa shape index (κ1) is 19.3. The van der Waals surface area contributed by atoms with Crippen LogP contribution in [0.3, 0.4) is 0 Å². The van der Waals surface area contributed by atoms with Crippen molar-refractivity contribution in [3.63, 3.8) is 0 Å². The normalized spacial score (nSPS) is 10.9. The number of pyridine rings is 1. The Morgan fingerprint density at radius 1 is 1.19 bits per heavy atom. The highest BCUT2D eigenvalue weighted by atomic mass is 32.2. The minimum Gasteiger partial charge on any atom is -0.465 e. The van der Waals surface area contributed by atoms with Crippen molar-refractivity contribution < 1.29 is 27.1 Å². The van der Waals surface area contributed by atoms with Gasteiger partial charge in [-0.25, -0.2) is 22.6 Å². The van der Waals surface area contributed by atoms with Crippen molar-refractivity contribution >= 4 is 27.7 Å². The molecule has 0 aliphatic carbocycles.